The first-order valence-electron chi connectivity index (χ1n) is 4.35. The van der Waals surface area contributed by atoms with Gasteiger partial charge in [-0.1, -0.05) is 27.5 Å². The molecule has 0 bridgehead atoms. The molecule has 0 saturated heterocycles. The van der Waals surface area contributed by atoms with Crippen LogP contribution in [0.4, 0.5) is 13.2 Å². The summed E-state index contributed by atoms with van der Waals surface area (Å²) in [6, 6.07) is 1.88. The number of ketones is 1. The molecule has 0 radical (unpaired) electrons. The summed E-state index contributed by atoms with van der Waals surface area (Å²) in [6.45, 7) is 0. The lowest BCUT2D eigenvalue weighted by Gasteiger charge is -2.15. The van der Waals surface area contributed by atoms with Crippen molar-refractivity contribution in [3.63, 3.8) is 0 Å². The summed E-state index contributed by atoms with van der Waals surface area (Å²) in [4.78, 5) is 11.5. The van der Waals surface area contributed by atoms with E-state index in [0.29, 0.717) is 0 Å². The minimum atomic E-state index is -4.63. The first-order chi connectivity index (χ1) is 7.81. The molecule has 0 amide bonds. The third kappa shape index (κ3) is 3.13. The van der Waals surface area contributed by atoms with E-state index in [1.54, 1.807) is 0 Å². The number of rotatable bonds is 3. The van der Waals surface area contributed by atoms with Gasteiger partial charge in [-0.2, -0.15) is 13.2 Å². The van der Waals surface area contributed by atoms with Crippen LogP contribution >= 0.6 is 27.5 Å². The third-order valence-electron chi connectivity index (χ3n) is 1.99. The van der Waals surface area contributed by atoms with Gasteiger partial charge in [0.1, 0.15) is 5.75 Å². The second kappa shape index (κ2) is 5.27. The smallest absolute Gasteiger partial charge is 0.420 e. The molecule has 0 aliphatic carbocycles. The number of ether oxygens (including phenoxy) is 1. The van der Waals surface area contributed by atoms with Gasteiger partial charge in [0, 0.05) is 5.02 Å². The number of carbonyl (C=O) groups is 1. The van der Waals surface area contributed by atoms with Crippen molar-refractivity contribution in [1.82, 2.24) is 0 Å². The van der Waals surface area contributed by atoms with E-state index in [1.807, 2.05) is 0 Å². The average molecular weight is 332 g/mol. The van der Waals surface area contributed by atoms with Crippen LogP contribution in [-0.2, 0) is 6.18 Å². The van der Waals surface area contributed by atoms with E-state index in [9.17, 15) is 18.0 Å². The zero-order valence-corrected chi connectivity index (χ0v) is 10.9. The normalized spacial score (nSPS) is 11.4. The summed E-state index contributed by atoms with van der Waals surface area (Å²) >= 11 is 8.45. The maximum atomic E-state index is 12.7. The summed E-state index contributed by atoms with van der Waals surface area (Å²) in [6.07, 6.45) is -4.63. The molecule has 0 heterocycles. The van der Waals surface area contributed by atoms with Gasteiger partial charge in [0.2, 0.25) is 0 Å². The van der Waals surface area contributed by atoms with Gasteiger partial charge < -0.3 is 4.74 Å². The van der Waals surface area contributed by atoms with E-state index in [1.165, 1.54) is 0 Å². The summed E-state index contributed by atoms with van der Waals surface area (Å²) in [5.74, 6) is -1.04. The van der Waals surface area contributed by atoms with Crippen LogP contribution in [0.3, 0.4) is 0 Å². The highest BCUT2D eigenvalue weighted by Gasteiger charge is 2.36. The SMILES string of the molecule is COc1c(C(=O)CBr)cc(Cl)cc1C(F)(F)F. The molecule has 94 valence electrons. The van der Waals surface area contributed by atoms with Crippen LogP contribution in [0.1, 0.15) is 15.9 Å². The molecule has 0 N–H and O–H groups in total. The average Bonchev–Trinajstić information content (AvgIpc) is 2.25. The van der Waals surface area contributed by atoms with Gasteiger partial charge in [0.05, 0.1) is 23.6 Å². The van der Waals surface area contributed by atoms with Crippen LogP contribution in [0, 0.1) is 0 Å². The highest BCUT2D eigenvalue weighted by atomic mass is 79.9. The van der Waals surface area contributed by atoms with Crippen molar-refractivity contribution in [2.75, 3.05) is 12.4 Å². The monoisotopic (exact) mass is 330 g/mol. The molecule has 1 rings (SSSR count). The highest BCUT2D eigenvalue weighted by Crippen LogP contribution is 2.40. The van der Waals surface area contributed by atoms with Gasteiger partial charge in [-0.25, -0.2) is 0 Å². The largest absolute Gasteiger partial charge is 0.495 e. The summed E-state index contributed by atoms with van der Waals surface area (Å²) in [5.41, 5.74) is -1.25. The van der Waals surface area contributed by atoms with Crippen molar-refractivity contribution in [2.24, 2.45) is 0 Å². The Kier molecular flexibility index (Phi) is 4.43. The van der Waals surface area contributed by atoms with Gasteiger partial charge in [0.15, 0.2) is 5.78 Å². The van der Waals surface area contributed by atoms with E-state index >= 15 is 0 Å². The lowest BCUT2D eigenvalue weighted by atomic mass is 10.1. The Hall–Kier alpha value is -0.750. The molecule has 2 nitrogen and oxygen atoms in total. The second-order valence-electron chi connectivity index (χ2n) is 3.09. The quantitative estimate of drug-likeness (QED) is 0.619. The van der Waals surface area contributed by atoms with Crippen LogP contribution in [-0.4, -0.2) is 18.2 Å². The minimum Gasteiger partial charge on any atom is -0.495 e. The molecule has 17 heavy (non-hydrogen) atoms. The number of alkyl halides is 4. The lowest BCUT2D eigenvalue weighted by molar-refractivity contribution is -0.138. The molecule has 7 heteroatoms. The fraction of sp³-hybridized carbons (Fsp3) is 0.300. The number of carbonyl (C=O) groups excluding carboxylic acids is 1. The highest BCUT2D eigenvalue weighted by molar-refractivity contribution is 9.09. The number of methoxy groups -OCH3 is 1. The second-order valence-corrected chi connectivity index (χ2v) is 4.09. The van der Waals surface area contributed by atoms with Gasteiger partial charge in [0.25, 0.3) is 0 Å². The van der Waals surface area contributed by atoms with Crippen molar-refractivity contribution in [3.8, 4) is 5.75 Å². The molecule has 0 atom stereocenters. The predicted octanol–water partition coefficient (Wildman–Crippen LogP) is 3.95. The Balaban J connectivity index is 3.52. The van der Waals surface area contributed by atoms with Crippen LogP contribution in [0.15, 0.2) is 12.1 Å². The van der Waals surface area contributed by atoms with Crippen molar-refractivity contribution in [2.45, 2.75) is 6.18 Å². The van der Waals surface area contributed by atoms with Crippen molar-refractivity contribution in [1.29, 1.82) is 0 Å². The molecule has 0 aliphatic rings. The van der Waals surface area contributed by atoms with Crippen LogP contribution in [0.5, 0.6) is 5.75 Å². The van der Waals surface area contributed by atoms with Gasteiger partial charge in [-0.05, 0) is 12.1 Å². The number of halogens is 5. The molecule has 0 saturated carbocycles. The number of hydrogen-bond donors (Lipinski definition) is 0. The van der Waals surface area contributed by atoms with Gasteiger partial charge >= 0.3 is 6.18 Å². The Labute approximate surface area is 109 Å². The van der Waals surface area contributed by atoms with Gasteiger partial charge in [-0.15, -0.1) is 0 Å². The predicted molar refractivity (Wildman–Crippen MR) is 61.1 cm³/mol. The Morgan fingerprint density at radius 1 is 1.47 bits per heavy atom. The zero-order chi connectivity index (χ0) is 13.2. The van der Waals surface area contributed by atoms with E-state index in [4.69, 9.17) is 11.6 Å². The van der Waals surface area contributed by atoms with Crippen LogP contribution < -0.4 is 4.74 Å². The summed E-state index contributed by atoms with van der Waals surface area (Å²) < 4.78 is 42.8. The molecule has 0 unspecified atom stereocenters. The molecule has 0 spiro atoms. The van der Waals surface area contributed by atoms with E-state index in [-0.39, 0.29) is 15.9 Å². The van der Waals surface area contributed by atoms with Crippen LogP contribution in [0.25, 0.3) is 0 Å². The molecular weight excluding hydrogens is 324 g/mol. The fourth-order valence-electron chi connectivity index (χ4n) is 1.30. The molecule has 0 aliphatic heterocycles. The maximum Gasteiger partial charge on any atom is 0.420 e. The topological polar surface area (TPSA) is 26.3 Å². The fourth-order valence-corrected chi connectivity index (χ4v) is 1.82. The Bertz CT molecular complexity index is 446. The summed E-state index contributed by atoms with van der Waals surface area (Å²) in [7, 11) is 1.07. The molecule has 1 aromatic carbocycles. The minimum absolute atomic E-state index is 0.110. The van der Waals surface area contributed by atoms with E-state index in [2.05, 4.69) is 20.7 Å². The standard InChI is InChI=1S/C10H7BrClF3O2/c1-17-9-6(8(16)4-11)2-5(12)3-7(9)10(13,14)15/h2-3H,4H2,1H3. The van der Waals surface area contributed by atoms with Crippen molar-refractivity contribution < 1.29 is 22.7 Å². The first-order valence-corrected chi connectivity index (χ1v) is 5.85. The zero-order valence-electron chi connectivity index (χ0n) is 8.57. The number of Topliss-reactive ketones (excluding diaryl/α,β-unsaturated/α-hetero) is 1. The molecular formula is C10H7BrClF3O2. The number of hydrogen-bond acceptors (Lipinski definition) is 2. The molecule has 0 aromatic heterocycles. The van der Waals surface area contributed by atoms with E-state index < -0.39 is 23.3 Å². The Morgan fingerprint density at radius 3 is 2.47 bits per heavy atom. The van der Waals surface area contributed by atoms with Crippen molar-refractivity contribution >= 4 is 33.3 Å². The number of benzene rings is 1. The van der Waals surface area contributed by atoms with Crippen LogP contribution in [0.2, 0.25) is 5.02 Å². The maximum absolute atomic E-state index is 12.7. The van der Waals surface area contributed by atoms with Gasteiger partial charge in [-0.3, -0.25) is 4.79 Å². The first kappa shape index (κ1) is 14.3. The summed E-state index contributed by atoms with van der Waals surface area (Å²) in [5, 5.41) is -0.275. The van der Waals surface area contributed by atoms with E-state index in [0.717, 1.165) is 19.2 Å². The molecule has 0 fully saturated rings. The third-order valence-corrected chi connectivity index (χ3v) is 2.71. The Morgan fingerprint density at radius 2 is 2.06 bits per heavy atom. The molecule has 1 aromatic rings. The van der Waals surface area contributed by atoms with Crippen molar-refractivity contribution in [3.05, 3.63) is 28.3 Å². The lowest BCUT2D eigenvalue weighted by Crippen LogP contribution is -2.12.